The summed E-state index contributed by atoms with van der Waals surface area (Å²) >= 11 is 0. The molecule has 1 aliphatic rings. The maximum absolute atomic E-state index is 12.1. The molecule has 0 unspecified atom stereocenters. The van der Waals surface area contributed by atoms with E-state index in [1.165, 1.54) is 0 Å². The highest BCUT2D eigenvalue weighted by molar-refractivity contribution is 5.89. The second kappa shape index (κ2) is 6.92. The highest BCUT2D eigenvalue weighted by Crippen LogP contribution is 2.36. The topological polar surface area (TPSA) is 92.8 Å². The summed E-state index contributed by atoms with van der Waals surface area (Å²) in [6, 6.07) is 7.51. The monoisotopic (exact) mass is 343 g/mol. The van der Waals surface area contributed by atoms with E-state index in [0.29, 0.717) is 12.1 Å². The number of nitrogens with one attached hydrogen (secondary N) is 2. The number of carbonyl (C=O) groups is 1. The van der Waals surface area contributed by atoms with Crippen molar-refractivity contribution >= 4 is 5.97 Å². The minimum atomic E-state index is -0.489. The molecule has 134 valence electrons. The summed E-state index contributed by atoms with van der Waals surface area (Å²) in [7, 11) is 0. The number of H-pyrrole nitrogens is 1. The first-order valence-corrected chi connectivity index (χ1v) is 8.69. The van der Waals surface area contributed by atoms with Crippen LogP contribution in [0, 0.1) is 0 Å². The van der Waals surface area contributed by atoms with E-state index in [0.717, 1.165) is 37.1 Å². The van der Waals surface area contributed by atoms with Crippen LogP contribution in [-0.4, -0.2) is 32.2 Å². The number of ether oxygens (including phenoxy) is 1. The Labute approximate surface area is 147 Å². The normalized spacial score (nSPS) is 16.8. The maximum atomic E-state index is 12.1. The quantitative estimate of drug-likeness (QED) is 0.811. The van der Waals surface area contributed by atoms with E-state index in [9.17, 15) is 4.79 Å². The van der Waals surface area contributed by atoms with E-state index in [2.05, 4.69) is 25.9 Å². The molecule has 0 aliphatic heterocycles. The summed E-state index contributed by atoms with van der Waals surface area (Å²) in [5.41, 5.74) is 0.961. The number of hydrogen-bond donors (Lipinski definition) is 2. The molecule has 0 spiro atoms. The van der Waals surface area contributed by atoms with Gasteiger partial charge in [-0.25, -0.2) is 4.79 Å². The van der Waals surface area contributed by atoms with Crippen molar-refractivity contribution < 1.29 is 9.53 Å². The molecule has 7 nitrogen and oxygen atoms in total. The summed E-state index contributed by atoms with van der Waals surface area (Å²) in [5.74, 6) is 0.432. The van der Waals surface area contributed by atoms with Gasteiger partial charge in [-0.2, -0.15) is 5.21 Å². The van der Waals surface area contributed by atoms with E-state index in [1.54, 1.807) is 12.1 Å². The number of carbonyl (C=O) groups excluding carboxylic acids is 1. The van der Waals surface area contributed by atoms with Crippen LogP contribution in [0.15, 0.2) is 24.3 Å². The molecule has 0 radical (unpaired) electrons. The van der Waals surface area contributed by atoms with Crippen molar-refractivity contribution in [2.75, 3.05) is 0 Å². The minimum absolute atomic E-state index is 0.211. The van der Waals surface area contributed by atoms with Crippen LogP contribution < -0.4 is 5.32 Å². The lowest BCUT2D eigenvalue weighted by Crippen LogP contribution is -2.40. The lowest BCUT2D eigenvalue weighted by Gasteiger charge is -2.27. The van der Waals surface area contributed by atoms with E-state index in [-0.39, 0.29) is 11.5 Å². The van der Waals surface area contributed by atoms with Crippen LogP contribution in [-0.2, 0) is 16.8 Å². The van der Waals surface area contributed by atoms with Crippen LogP contribution in [0.5, 0.6) is 0 Å². The molecule has 2 N–H and O–H groups in total. The Balaban J connectivity index is 1.64. The molecule has 2 aromatic rings. The third-order valence-corrected chi connectivity index (χ3v) is 4.45. The maximum Gasteiger partial charge on any atom is 0.338 e. The second-order valence-electron chi connectivity index (χ2n) is 7.58. The average molecular weight is 343 g/mol. The van der Waals surface area contributed by atoms with Gasteiger partial charge < -0.3 is 10.1 Å². The molecule has 1 saturated carbocycles. The standard InChI is InChI=1S/C18H25N5O2/c1-17(2,3)25-15(24)14-8-6-13(7-9-14)12-19-18(10-4-5-11-18)16-20-22-23-21-16/h6-9,19H,4-5,10-12H2,1-3H3,(H,20,21,22,23). The van der Waals surface area contributed by atoms with Crippen LogP contribution in [0.4, 0.5) is 0 Å². The lowest BCUT2D eigenvalue weighted by atomic mass is 9.96. The molecule has 0 bridgehead atoms. The van der Waals surface area contributed by atoms with Crippen molar-refractivity contribution in [3.63, 3.8) is 0 Å². The Bertz CT molecular complexity index is 698. The molecule has 0 amide bonds. The van der Waals surface area contributed by atoms with Crippen molar-refractivity contribution in [3.05, 3.63) is 41.2 Å². The molecule has 7 heteroatoms. The van der Waals surface area contributed by atoms with Crippen LogP contribution in [0.1, 0.15) is 68.2 Å². The zero-order chi connectivity index (χ0) is 17.9. The second-order valence-corrected chi connectivity index (χ2v) is 7.58. The first-order chi connectivity index (χ1) is 11.9. The minimum Gasteiger partial charge on any atom is -0.456 e. The van der Waals surface area contributed by atoms with Gasteiger partial charge in [0.15, 0.2) is 5.82 Å². The summed E-state index contributed by atoms with van der Waals surface area (Å²) in [4.78, 5) is 12.1. The average Bonchev–Trinajstić information content (AvgIpc) is 3.24. The molecule has 1 heterocycles. The third kappa shape index (κ3) is 4.22. The number of tetrazole rings is 1. The highest BCUT2D eigenvalue weighted by atomic mass is 16.6. The molecule has 25 heavy (non-hydrogen) atoms. The Kier molecular flexibility index (Phi) is 4.85. The summed E-state index contributed by atoms with van der Waals surface area (Å²) in [6.45, 7) is 6.27. The number of aromatic nitrogens is 4. The third-order valence-electron chi connectivity index (χ3n) is 4.45. The van der Waals surface area contributed by atoms with E-state index in [4.69, 9.17) is 4.74 Å². The van der Waals surface area contributed by atoms with Gasteiger partial charge >= 0.3 is 5.97 Å². The predicted octanol–water partition coefficient (Wildman–Crippen LogP) is 2.71. The predicted molar refractivity (Wildman–Crippen MR) is 92.8 cm³/mol. The van der Waals surface area contributed by atoms with Crippen molar-refractivity contribution in [1.82, 2.24) is 25.9 Å². The van der Waals surface area contributed by atoms with Crippen molar-refractivity contribution in [2.24, 2.45) is 0 Å². The van der Waals surface area contributed by atoms with Crippen LogP contribution in [0.3, 0.4) is 0 Å². The number of rotatable bonds is 5. The molecular formula is C18H25N5O2. The number of benzene rings is 1. The summed E-state index contributed by atoms with van der Waals surface area (Å²) in [5, 5.41) is 18.2. The van der Waals surface area contributed by atoms with Crippen molar-refractivity contribution in [3.8, 4) is 0 Å². The number of nitrogens with zero attached hydrogens (tertiary/aromatic N) is 3. The SMILES string of the molecule is CC(C)(C)OC(=O)c1ccc(CNC2(c3nn[nH]n3)CCCC2)cc1. The largest absolute Gasteiger partial charge is 0.456 e. The fourth-order valence-corrected chi connectivity index (χ4v) is 3.19. The van der Waals surface area contributed by atoms with Gasteiger partial charge in [-0.15, -0.1) is 10.2 Å². The van der Waals surface area contributed by atoms with Crippen LogP contribution >= 0.6 is 0 Å². The van der Waals surface area contributed by atoms with E-state index >= 15 is 0 Å². The number of esters is 1. The van der Waals surface area contributed by atoms with Crippen LogP contribution in [0.25, 0.3) is 0 Å². The molecule has 1 aromatic carbocycles. The fraction of sp³-hybridized carbons (Fsp3) is 0.556. The zero-order valence-corrected chi connectivity index (χ0v) is 15.0. The van der Waals surface area contributed by atoms with E-state index < -0.39 is 5.60 Å². The molecule has 1 aromatic heterocycles. The fourth-order valence-electron chi connectivity index (χ4n) is 3.19. The molecule has 0 atom stereocenters. The molecule has 0 saturated heterocycles. The van der Waals surface area contributed by atoms with Crippen molar-refractivity contribution in [1.29, 1.82) is 0 Å². The van der Waals surface area contributed by atoms with Gasteiger partial charge in [-0.05, 0) is 51.3 Å². The Morgan fingerprint density at radius 1 is 1.24 bits per heavy atom. The lowest BCUT2D eigenvalue weighted by molar-refractivity contribution is 0.00695. The smallest absolute Gasteiger partial charge is 0.338 e. The van der Waals surface area contributed by atoms with Gasteiger partial charge in [-0.1, -0.05) is 30.2 Å². The first-order valence-electron chi connectivity index (χ1n) is 8.69. The van der Waals surface area contributed by atoms with Gasteiger partial charge in [0.25, 0.3) is 0 Å². The van der Waals surface area contributed by atoms with Gasteiger partial charge in [-0.3, -0.25) is 0 Å². The Morgan fingerprint density at radius 2 is 1.92 bits per heavy atom. The molecule has 3 rings (SSSR count). The van der Waals surface area contributed by atoms with Crippen LogP contribution in [0.2, 0.25) is 0 Å². The Hall–Kier alpha value is -2.28. The molecular weight excluding hydrogens is 318 g/mol. The van der Waals surface area contributed by atoms with Gasteiger partial charge in [0.1, 0.15) is 5.60 Å². The summed E-state index contributed by atoms with van der Waals surface area (Å²) < 4.78 is 5.39. The molecule has 1 aliphatic carbocycles. The van der Waals surface area contributed by atoms with Crippen molar-refractivity contribution in [2.45, 2.75) is 64.1 Å². The van der Waals surface area contributed by atoms with E-state index in [1.807, 2.05) is 32.9 Å². The van der Waals surface area contributed by atoms with Gasteiger partial charge in [0, 0.05) is 6.54 Å². The highest BCUT2D eigenvalue weighted by Gasteiger charge is 2.38. The summed E-state index contributed by atoms with van der Waals surface area (Å²) in [6.07, 6.45) is 4.31. The van der Waals surface area contributed by atoms with Gasteiger partial charge in [0.05, 0.1) is 11.1 Å². The Morgan fingerprint density at radius 3 is 2.48 bits per heavy atom. The number of hydrogen-bond acceptors (Lipinski definition) is 6. The number of aromatic amines is 1. The van der Waals surface area contributed by atoms with Gasteiger partial charge in [0.2, 0.25) is 0 Å². The first kappa shape index (κ1) is 17.5. The zero-order valence-electron chi connectivity index (χ0n) is 15.0. The molecule has 1 fully saturated rings.